The maximum Gasteiger partial charge on any atom is 0.257 e. The molecule has 0 spiro atoms. The lowest BCUT2D eigenvalue weighted by atomic mass is 9.81. The van der Waals surface area contributed by atoms with Crippen molar-refractivity contribution in [3.63, 3.8) is 0 Å². The van der Waals surface area contributed by atoms with Crippen molar-refractivity contribution in [2.75, 3.05) is 39.7 Å². The number of nitrogens with zero attached hydrogens (tertiary/aromatic N) is 1. The number of para-hydroxylation sites is 1. The molecule has 8 nitrogen and oxygen atoms in total. The van der Waals surface area contributed by atoms with Gasteiger partial charge >= 0.3 is 0 Å². The van der Waals surface area contributed by atoms with Gasteiger partial charge in [-0.05, 0) is 19.1 Å². The molecule has 136 valence electrons. The molecule has 8 heteroatoms. The summed E-state index contributed by atoms with van der Waals surface area (Å²) < 4.78 is 4.94. The lowest BCUT2D eigenvalue weighted by Gasteiger charge is -2.38. The number of carbonyl (C=O) groups is 2. The smallest absolute Gasteiger partial charge is 0.257 e. The fraction of sp³-hybridized carbons (Fsp3) is 0.412. The Bertz CT molecular complexity index is 725. The molecule has 1 aromatic carbocycles. The number of ether oxygens (including phenoxy) is 1. The molecule has 1 aliphatic carbocycles. The van der Waals surface area contributed by atoms with Crippen LogP contribution in [0.5, 0.6) is 5.75 Å². The van der Waals surface area contributed by atoms with E-state index in [4.69, 9.17) is 4.74 Å². The summed E-state index contributed by atoms with van der Waals surface area (Å²) in [5, 5.41) is 26.3. The molecule has 0 bridgehead atoms. The SMILES string of the molecule is COCCNC1=C(Nc2cccc(C(=O)N(C)C)c2O)C(=O)C1(C)O. The van der Waals surface area contributed by atoms with Crippen molar-refractivity contribution in [2.24, 2.45) is 0 Å². The van der Waals surface area contributed by atoms with E-state index in [-0.39, 0.29) is 28.6 Å². The number of methoxy groups -OCH3 is 1. The van der Waals surface area contributed by atoms with Crippen molar-refractivity contribution in [3.05, 3.63) is 35.2 Å². The minimum absolute atomic E-state index is 0.114. The van der Waals surface area contributed by atoms with Crippen LogP contribution in [0.1, 0.15) is 17.3 Å². The third-order valence-corrected chi connectivity index (χ3v) is 3.95. The molecular formula is C17H23N3O5. The number of benzene rings is 1. The van der Waals surface area contributed by atoms with E-state index < -0.39 is 11.4 Å². The Balaban J connectivity index is 2.31. The van der Waals surface area contributed by atoms with Crippen LogP contribution in [0.3, 0.4) is 0 Å². The zero-order valence-corrected chi connectivity index (χ0v) is 14.7. The maximum absolute atomic E-state index is 12.2. The van der Waals surface area contributed by atoms with Gasteiger partial charge in [0.05, 0.1) is 23.6 Å². The molecule has 1 aromatic rings. The van der Waals surface area contributed by atoms with Crippen LogP contribution in [0.4, 0.5) is 5.69 Å². The van der Waals surface area contributed by atoms with Gasteiger partial charge in [0.25, 0.3) is 5.91 Å². The summed E-state index contributed by atoms with van der Waals surface area (Å²) in [6, 6.07) is 4.63. The molecule has 1 atom stereocenters. The van der Waals surface area contributed by atoms with Crippen LogP contribution in [0.15, 0.2) is 29.6 Å². The van der Waals surface area contributed by atoms with Crippen molar-refractivity contribution in [2.45, 2.75) is 12.5 Å². The number of aromatic hydroxyl groups is 1. The van der Waals surface area contributed by atoms with E-state index in [0.717, 1.165) is 0 Å². The van der Waals surface area contributed by atoms with Crippen molar-refractivity contribution in [1.82, 2.24) is 10.2 Å². The summed E-state index contributed by atoms with van der Waals surface area (Å²) >= 11 is 0. The summed E-state index contributed by atoms with van der Waals surface area (Å²) in [6.45, 7) is 2.20. The van der Waals surface area contributed by atoms with E-state index >= 15 is 0 Å². The van der Waals surface area contributed by atoms with Crippen molar-refractivity contribution in [3.8, 4) is 5.75 Å². The van der Waals surface area contributed by atoms with Crippen LogP contribution in [-0.4, -0.2) is 66.8 Å². The van der Waals surface area contributed by atoms with Crippen molar-refractivity contribution >= 4 is 17.4 Å². The molecule has 0 radical (unpaired) electrons. The molecule has 0 saturated heterocycles. The summed E-state index contributed by atoms with van der Waals surface area (Å²) in [6.07, 6.45) is 0. The van der Waals surface area contributed by atoms with Crippen LogP contribution in [0.2, 0.25) is 0 Å². The Morgan fingerprint density at radius 3 is 2.64 bits per heavy atom. The number of hydrogen-bond donors (Lipinski definition) is 4. The molecule has 0 saturated carbocycles. The molecule has 0 fully saturated rings. The number of nitrogens with one attached hydrogen (secondary N) is 2. The summed E-state index contributed by atoms with van der Waals surface area (Å²) in [7, 11) is 4.70. The lowest BCUT2D eigenvalue weighted by Crippen LogP contribution is -2.55. The number of rotatable bonds is 7. The second-order valence-corrected chi connectivity index (χ2v) is 6.10. The normalized spacial score (nSPS) is 19.5. The quantitative estimate of drug-likeness (QED) is 0.413. The van der Waals surface area contributed by atoms with E-state index in [1.165, 1.54) is 17.9 Å². The van der Waals surface area contributed by atoms with E-state index in [2.05, 4.69) is 10.6 Å². The van der Waals surface area contributed by atoms with Crippen molar-refractivity contribution < 1.29 is 24.5 Å². The zero-order valence-electron chi connectivity index (χ0n) is 14.7. The van der Waals surface area contributed by atoms with Gasteiger partial charge in [0.2, 0.25) is 5.78 Å². The Kier molecular flexibility index (Phi) is 5.34. The highest BCUT2D eigenvalue weighted by atomic mass is 16.5. The second kappa shape index (κ2) is 7.12. The van der Waals surface area contributed by atoms with Gasteiger partial charge in [-0.3, -0.25) is 9.59 Å². The topological polar surface area (TPSA) is 111 Å². The molecule has 0 heterocycles. The average Bonchev–Trinajstić information content (AvgIpc) is 2.57. The van der Waals surface area contributed by atoms with Gasteiger partial charge < -0.3 is 30.5 Å². The third kappa shape index (κ3) is 3.45. The highest BCUT2D eigenvalue weighted by Gasteiger charge is 2.49. The first-order chi connectivity index (χ1) is 11.7. The fourth-order valence-electron chi connectivity index (χ4n) is 2.50. The number of anilines is 1. The fourth-order valence-corrected chi connectivity index (χ4v) is 2.50. The molecular weight excluding hydrogens is 326 g/mol. The van der Waals surface area contributed by atoms with Gasteiger partial charge in [-0.2, -0.15) is 0 Å². The molecule has 1 aliphatic rings. The van der Waals surface area contributed by atoms with Gasteiger partial charge in [0.1, 0.15) is 5.70 Å². The first-order valence-electron chi connectivity index (χ1n) is 7.77. The van der Waals surface area contributed by atoms with Crippen LogP contribution in [0.25, 0.3) is 0 Å². The van der Waals surface area contributed by atoms with Gasteiger partial charge in [-0.25, -0.2) is 0 Å². The molecule has 0 aliphatic heterocycles. The average molecular weight is 349 g/mol. The van der Waals surface area contributed by atoms with Gasteiger partial charge in [0, 0.05) is 27.7 Å². The Labute approximate surface area is 146 Å². The Morgan fingerprint density at radius 2 is 2.04 bits per heavy atom. The number of carbonyl (C=O) groups excluding carboxylic acids is 2. The number of phenolic OH excluding ortho intramolecular Hbond substituents is 1. The monoisotopic (exact) mass is 349 g/mol. The van der Waals surface area contributed by atoms with Crippen molar-refractivity contribution in [1.29, 1.82) is 0 Å². The Hall–Kier alpha value is -2.58. The highest BCUT2D eigenvalue weighted by Crippen LogP contribution is 2.36. The largest absolute Gasteiger partial charge is 0.505 e. The molecule has 4 N–H and O–H groups in total. The molecule has 2 rings (SSSR count). The third-order valence-electron chi connectivity index (χ3n) is 3.95. The van der Waals surface area contributed by atoms with Gasteiger partial charge in [-0.15, -0.1) is 0 Å². The molecule has 1 unspecified atom stereocenters. The van der Waals surface area contributed by atoms with E-state index in [9.17, 15) is 19.8 Å². The number of ketones is 1. The Morgan fingerprint density at radius 1 is 1.36 bits per heavy atom. The minimum atomic E-state index is -1.62. The standard InChI is InChI=1S/C17H23N3O5/c1-17(24)14(18-8-9-25-4)12(15(17)22)19-11-7-5-6-10(13(11)21)16(23)20(2)3/h5-7,18-19,21,24H,8-9H2,1-4H3. The van der Waals surface area contributed by atoms with Crippen LogP contribution in [-0.2, 0) is 9.53 Å². The number of phenols is 1. The lowest BCUT2D eigenvalue weighted by molar-refractivity contribution is -0.132. The van der Waals surface area contributed by atoms with Gasteiger partial charge in [-0.1, -0.05) is 6.07 Å². The predicted molar refractivity (Wildman–Crippen MR) is 92.3 cm³/mol. The van der Waals surface area contributed by atoms with E-state index in [1.54, 1.807) is 33.3 Å². The van der Waals surface area contributed by atoms with Gasteiger partial charge in [0.15, 0.2) is 11.4 Å². The first-order valence-corrected chi connectivity index (χ1v) is 7.77. The maximum atomic E-state index is 12.2. The molecule has 1 amide bonds. The minimum Gasteiger partial charge on any atom is -0.505 e. The number of Topliss-reactive ketones (excluding diaryl/α,β-unsaturated/α-hetero) is 1. The van der Waals surface area contributed by atoms with Crippen LogP contribution < -0.4 is 10.6 Å². The second-order valence-electron chi connectivity index (χ2n) is 6.10. The number of aliphatic hydroxyl groups is 1. The zero-order chi connectivity index (χ0) is 18.8. The highest BCUT2D eigenvalue weighted by molar-refractivity contribution is 6.14. The predicted octanol–water partition coefficient (Wildman–Crippen LogP) is 0.287. The summed E-state index contributed by atoms with van der Waals surface area (Å²) in [4.78, 5) is 25.6. The van der Waals surface area contributed by atoms with Crippen LogP contribution in [0, 0.1) is 0 Å². The van der Waals surface area contributed by atoms with E-state index in [0.29, 0.717) is 18.8 Å². The molecule has 0 aromatic heterocycles. The molecule has 25 heavy (non-hydrogen) atoms. The van der Waals surface area contributed by atoms with Crippen LogP contribution >= 0.6 is 0 Å². The summed E-state index contributed by atoms with van der Waals surface area (Å²) in [5.74, 6) is -1.12. The van der Waals surface area contributed by atoms with E-state index in [1.807, 2.05) is 0 Å². The summed E-state index contributed by atoms with van der Waals surface area (Å²) in [5.41, 5.74) is -0.840. The number of hydrogen-bond acceptors (Lipinski definition) is 7. The number of amides is 1. The first kappa shape index (κ1) is 18.8.